The van der Waals surface area contributed by atoms with Gasteiger partial charge in [0.25, 0.3) is 0 Å². The summed E-state index contributed by atoms with van der Waals surface area (Å²) < 4.78 is 5.69. The Hall–Kier alpha value is -0.810. The van der Waals surface area contributed by atoms with Crippen molar-refractivity contribution in [2.75, 3.05) is 39.3 Å². The number of aliphatic imine (C=N–C) groups is 1. The zero-order valence-corrected chi connectivity index (χ0v) is 11.1. The molecule has 2 aliphatic heterocycles. The van der Waals surface area contributed by atoms with E-state index in [0.717, 1.165) is 45.3 Å². The molecular formula is C12H24N4O. The highest BCUT2D eigenvalue weighted by molar-refractivity contribution is 5.81. The second-order valence-corrected chi connectivity index (χ2v) is 5.55. The van der Waals surface area contributed by atoms with E-state index in [1.807, 2.05) is 0 Å². The molecule has 0 radical (unpaired) electrons. The molecule has 0 aromatic carbocycles. The molecule has 1 fully saturated rings. The van der Waals surface area contributed by atoms with E-state index in [-0.39, 0.29) is 5.60 Å². The van der Waals surface area contributed by atoms with Gasteiger partial charge in [-0.15, -0.1) is 0 Å². The molecule has 1 atom stereocenters. The maximum Gasteiger partial charge on any atom is 0.191 e. The molecule has 1 saturated heterocycles. The molecule has 0 aromatic heterocycles. The topological polar surface area (TPSA) is 48.9 Å². The van der Waals surface area contributed by atoms with E-state index >= 15 is 0 Å². The fourth-order valence-electron chi connectivity index (χ4n) is 2.30. The molecule has 0 bridgehead atoms. The molecule has 2 N–H and O–H groups in total. The normalized spacial score (nSPS) is 28.6. The molecule has 0 aromatic rings. The maximum absolute atomic E-state index is 5.69. The lowest BCUT2D eigenvalue weighted by atomic mass is 10.1. The first-order valence-electron chi connectivity index (χ1n) is 6.46. The highest BCUT2D eigenvalue weighted by atomic mass is 16.5. The Morgan fingerprint density at radius 3 is 3.06 bits per heavy atom. The third-order valence-electron chi connectivity index (χ3n) is 3.13. The predicted molar refractivity (Wildman–Crippen MR) is 69.4 cm³/mol. The van der Waals surface area contributed by atoms with Crippen LogP contribution in [0.2, 0.25) is 0 Å². The fraction of sp³-hybridized carbons (Fsp3) is 0.917. The molecule has 1 unspecified atom stereocenters. The Balaban J connectivity index is 1.65. The van der Waals surface area contributed by atoms with Gasteiger partial charge in [0.15, 0.2) is 5.96 Å². The van der Waals surface area contributed by atoms with Gasteiger partial charge in [-0.05, 0) is 20.8 Å². The lowest BCUT2D eigenvalue weighted by Crippen LogP contribution is -2.50. The quantitative estimate of drug-likeness (QED) is 0.731. The summed E-state index contributed by atoms with van der Waals surface area (Å²) in [5, 5.41) is 6.65. The Labute approximate surface area is 104 Å². The number of rotatable bonds is 3. The summed E-state index contributed by atoms with van der Waals surface area (Å²) in [5.41, 5.74) is -0.00408. The van der Waals surface area contributed by atoms with Crippen LogP contribution in [0.25, 0.3) is 0 Å². The van der Waals surface area contributed by atoms with Crippen LogP contribution in [-0.4, -0.2) is 61.8 Å². The second kappa shape index (κ2) is 5.23. The standard InChI is InChI=1S/C12H24N4O/c1-10-8-14-11(15-10)13-4-5-16-6-7-17-12(2,3)9-16/h10H,4-9H2,1-3H3,(H2,13,14,15). The molecule has 98 valence electrons. The molecule has 2 heterocycles. The molecule has 0 spiro atoms. The van der Waals surface area contributed by atoms with Crippen LogP contribution >= 0.6 is 0 Å². The Bertz CT molecular complexity index is 290. The summed E-state index contributed by atoms with van der Waals surface area (Å²) in [7, 11) is 0. The number of hydrogen-bond donors (Lipinski definition) is 2. The van der Waals surface area contributed by atoms with E-state index in [9.17, 15) is 0 Å². The largest absolute Gasteiger partial charge is 0.373 e. The van der Waals surface area contributed by atoms with Gasteiger partial charge in [-0.25, -0.2) is 0 Å². The zero-order chi connectivity index (χ0) is 12.3. The van der Waals surface area contributed by atoms with Crippen LogP contribution in [0, 0.1) is 0 Å². The van der Waals surface area contributed by atoms with E-state index in [1.54, 1.807) is 0 Å². The van der Waals surface area contributed by atoms with E-state index < -0.39 is 0 Å². The van der Waals surface area contributed by atoms with Crippen molar-refractivity contribution in [3.63, 3.8) is 0 Å². The van der Waals surface area contributed by atoms with Crippen LogP contribution in [0.3, 0.4) is 0 Å². The first-order valence-corrected chi connectivity index (χ1v) is 6.46. The van der Waals surface area contributed by atoms with Gasteiger partial charge in [0, 0.05) is 32.2 Å². The van der Waals surface area contributed by atoms with Crippen molar-refractivity contribution in [2.24, 2.45) is 4.99 Å². The fourth-order valence-corrected chi connectivity index (χ4v) is 2.30. The van der Waals surface area contributed by atoms with Crippen LogP contribution in [0.15, 0.2) is 4.99 Å². The molecule has 0 saturated carbocycles. The number of nitrogens with one attached hydrogen (secondary N) is 2. The number of morpholine rings is 1. The third kappa shape index (κ3) is 3.85. The smallest absolute Gasteiger partial charge is 0.191 e. The molecule has 0 aliphatic carbocycles. The Morgan fingerprint density at radius 2 is 2.41 bits per heavy atom. The zero-order valence-electron chi connectivity index (χ0n) is 11.1. The van der Waals surface area contributed by atoms with Gasteiger partial charge in [0.1, 0.15) is 0 Å². The average molecular weight is 240 g/mol. The minimum absolute atomic E-state index is 0.00408. The first kappa shape index (κ1) is 12.6. The van der Waals surface area contributed by atoms with Crippen molar-refractivity contribution in [3.05, 3.63) is 0 Å². The van der Waals surface area contributed by atoms with E-state index in [1.165, 1.54) is 0 Å². The minimum Gasteiger partial charge on any atom is -0.373 e. The molecule has 5 heteroatoms. The van der Waals surface area contributed by atoms with Gasteiger partial charge in [0.2, 0.25) is 0 Å². The van der Waals surface area contributed by atoms with Gasteiger partial charge in [-0.2, -0.15) is 0 Å². The number of ether oxygens (including phenoxy) is 1. The number of guanidine groups is 1. The van der Waals surface area contributed by atoms with Crippen LogP contribution in [0.4, 0.5) is 0 Å². The van der Waals surface area contributed by atoms with Gasteiger partial charge >= 0.3 is 0 Å². The van der Waals surface area contributed by atoms with Crippen molar-refractivity contribution in [1.29, 1.82) is 0 Å². The lowest BCUT2D eigenvalue weighted by Gasteiger charge is -2.38. The monoisotopic (exact) mass is 240 g/mol. The van der Waals surface area contributed by atoms with Crippen molar-refractivity contribution >= 4 is 5.96 Å². The highest BCUT2D eigenvalue weighted by Crippen LogP contribution is 2.15. The third-order valence-corrected chi connectivity index (χ3v) is 3.13. The summed E-state index contributed by atoms with van der Waals surface area (Å²) in [5.74, 6) is 0.949. The molecule has 2 rings (SSSR count). The molecule has 2 aliphatic rings. The molecule has 17 heavy (non-hydrogen) atoms. The van der Waals surface area contributed by atoms with Crippen molar-refractivity contribution < 1.29 is 4.74 Å². The van der Waals surface area contributed by atoms with Crippen LogP contribution in [0.1, 0.15) is 20.8 Å². The minimum atomic E-state index is -0.00408. The molecule has 0 amide bonds. The Morgan fingerprint density at radius 1 is 1.59 bits per heavy atom. The summed E-state index contributed by atoms with van der Waals surface area (Å²) in [6.07, 6.45) is 0. The second-order valence-electron chi connectivity index (χ2n) is 5.55. The van der Waals surface area contributed by atoms with Crippen molar-refractivity contribution in [1.82, 2.24) is 15.5 Å². The van der Waals surface area contributed by atoms with Gasteiger partial charge in [-0.1, -0.05) is 0 Å². The van der Waals surface area contributed by atoms with Crippen LogP contribution in [0.5, 0.6) is 0 Å². The van der Waals surface area contributed by atoms with E-state index in [2.05, 4.69) is 41.3 Å². The predicted octanol–water partition coefficient (Wildman–Crippen LogP) is 0.0345. The number of hydrogen-bond acceptors (Lipinski definition) is 5. The highest BCUT2D eigenvalue weighted by Gasteiger charge is 2.26. The van der Waals surface area contributed by atoms with Gasteiger partial charge < -0.3 is 15.4 Å². The van der Waals surface area contributed by atoms with Crippen LogP contribution < -0.4 is 10.6 Å². The van der Waals surface area contributed by atoms with E-state index in [4.69, 9.17) is 4.74 Å². The summed E-state index contributed by atoms with van der Waals surface area (Å²) in [6.45, 7) is 12.2. The van der Waals surface area contributed by atoms with Crippen LogP contribution in [-0.2, 0) is 4.74 Å². The molecular weight excluding hydrogens is 216 g/mol. The average Bonchev–Trinajstić information content (AvgIpc) is 2.63. The van der Waals surface area contributed by atoms with Crippen molar-refractivity contribution in [2.45, 2.75) is 32.4 Å². The summed E-state index contributed by atoms with van der Waals surface area (Å²) in [6, 6.07) is 0.472. The number of nitrogens with zero attached hydrogens (tertiary/aromatic N) is 2. The molecule has 5 nitrogen and oxygen atoms in total. The van der Waals surface area contributed by atoms with E-state index in [0.29, 0.717) is 6.04 Å². The van der Waals surface area contributed by atoms with Gasteiger partial charge in [-0.3, -0.25) is 9.89 Å². The maximum atomic E-state index is 5.69. The SMILES string of the molecule is CC1CN=C(NCCN2CCOC(C)(C)C2)N1. The Kier molecular flexibility index (Phi) is 3.89. The van der Waals surface area contributed by atoms with Crippen molar-refractivity contribution in [3.8, 4) is 0 Å². The summed E-state index contributed by atoms with van der Waals surface area (Å²) in [4.78, 5) is 6.82. The lowest BCUT2D eigenvalue weighted by molar-refractivity contribution is -0.0852. The summed E-state index contributed by atoms with van der Waals surface area (Å²) >= 11 is 0. The van der Waals surface area contributed by atoms with Gasteiger partial charge in [0.05, 0.1) is 18.8 Å². The first-order chi connectivity index (χ1) is 8.05.